The van der Waals surface area contributed by atoms with Gasteiger partial charge in [0.2, 0.25) is 11.9 Å². The molecule has 0 fully saturated rings. The molecule has 0 unspecified atom stereocenters. The van der Waals surface area contributed by atoms with Gasteiger partial charge in [-0.05, 0) is 55.8 Å². The quantitative estimate of drug-likeness (QED) is 0.280. The van der Waals surface area contributed by atoms with Crippen molar-refractivity contribution in [3.8, 4) is 6.07 Å². The molecule has 0 bridgehead atoms. The molecule has 0 aliphatic carbocycles. The molecule has 0 saturated heterocycles. The van der Waals surface area contributed by atoms with Gasteiger partial charge in [0, 0.05) is 37.6 Å². The number of nitriles is 1. The molecular weight excluding hydrogens is 480 g/mol. The normalized spacial score (nSPS) is 10.2. The van der Waals surface area contributed by atoms with E-state index in [0.29, 0.717) is 24.5 Å². The van der Waals surface area contributed by atoms with Crippen LogP contribution in [-0.2, 0) is 4.79 Å². The zero-order valence-electron chi connectivity index (χ0n) is 20.3. The fourth-order valence-corrected chi connectivity index (χ4v) is 3.27. The molecule has 1 heterocycles. The first-order valence-corrected chi connectivity index (χ1v) is 11.3. The Labute approximate surface area is 212 Å². The van der Waals surface area contributed by atoms with E-state index in [1.165, 1.54) is 37.4 Å². The second-order valence-electron chi connectivity index (χ2n) is 7.96. The summed E-state index contributed by atoms with van der Waals surface area (Å²) in [5.41, 5.74) is 1.35. The molecule has 2 amide bonds. The van der Waals surface area contributed by atoms with Crippen molar-refractivity contribution in [3.63, 3.8) is 0 Å². The summed E-state index contributed by atoms with van der Waals surface area (Å²) in [5, 5.41) is 17.6. The lowest BCUT2D eigenvalue weighted by Gasteiger charge is -2.17. The van der Waals surface area contributed by atoms with Crippen molar-refractivity contribution in [2.75, 3.05) is 35.7 Å². The van der Waals surface area contributed by atoms with E-state index in [-0.39, 0.29) is 29.3 Å². The molecule has 37 heavy (non-hydrogen) atoms. The molecule has 9 nitrogen and oxygen atoms in total. The predicted molar refractivity (Wildman–Crippen MR) is 137 cm³/mol. The van der Waals surface area contributed by atoms with Gasteiger partial charge in [-0.15, -0.1) is 0 Å². The maximum atomic E-state index is 14.2. The van der Waals surface area contributed by atoms with E-state index in [1.807, 2.05) is 13.0 Å². The monoisotopic (exact) mass is 505 g/mol. The molecule has 0 atom stereocenters. The standard InChI is InChI=1S/C26H25F2N7O2/c1-4-23(36)35(3)22-13-18(7-9-20(22)27)33-26-32-15-16(2)24(34-26)30-10-5-11-31-25(37)19-8-6-17(14-29)12-21(19)28/h4,6-9,12-13,15H,1,5,10-11H2,2-3H3,(H,31,37)(H2,30,32,33,34). The van der Waals surface area contributed by atoms with Gasteiger partial charge in [0.15, 0.2) is 0 Å². The number of anilines is 4. The SMILES string of the molecule is C=CC(=O)N(C)c1cc(Nc2ncc(C)c(NCCCNC(=O)c3ccc(C#N)cc3F)n2)ccc1F. The molecule has 3 aromatic rings. The fourth-order valence-electron chi connectivity index (χ4n) is 3.27. The number of carbonyl (C=O) groups excluding carboxylic acids is 2. The molecule has 2 aromatic carbocycles. The van der Waals surface area contributed by atoms with Crippen molar-refractivity contribution in [3.05, 3.63) is 83.6 Å². The van der Waals surface area contributed by atoms with Gasteiger partial charge >= 0.3 is 0 Å². The first-order chi connectivity index (χ1) is 17.7. The minimum atomic E-state index is -0.751. The molecule has 0 aliphatic heterocycles. The molecule has 0 spiro atoms. The summed E-state index contributed by atoms with van der Waals surface area (Å²) >= 11 is 0. The van der Waals surface area contributed by atoms with Crippen LogP contribution in [0.5, 0.6) is 0 Å². The number of likely N-dealkylation sites (N-methyl/N-ethyl adjacent to an activating group) is 1. The van der Waals surface area contributed by atoms with Gasteiger partial charge < -0.3 is 20.9 Å². The van der Waals surface area contributed by atoms with Crippen LogP contribution in [0.2, 0.25) is 0 Å². The van der Waals surface area contributed by atoms with Gasteiger partial charge in [0.1, 0.15) is 17.5 Å². The number of aryl methyl sites for hydroxylation is 1. The number of nitrogens with zero attached hydrogens (tertiary/aromatic N) is 4. The Kier molecular flexibility index (Phi) is 8.83. The van der Waals surface area contributed by atoms with Crippen LogP contribution in [0.3, 0.4) is 0 Å². The maximum absolute atomic E-state index is 14.2. The van der Waals surface area contributed by atoms with E-state index in [9.17, 15) is 18.4 Å². The Morgan fingerprint density at radius 2 is 1.95 bits per heavy atom. The van der Waals surface area contributed by atoms with Gasteiger partial charge in [-0.2, -0.15) is 10.2 Å². The second kappa shape index (κ2) is 12.2. The smallest absolute Gasteiger partial charge is 0.254 e. The lowest BCUT2D eigenvalue weighted by Crippen LogP contribution is -2.26. The third-order valence-corrected chi connectivity index (χ3v) is 5.31. The van der Waals surface area contributed by atoms with E-state index < -0.39 is 23.4 Å². The Morgan fingerprint density at radius 3 is 2.65 bits per heavy atom. The Hall–Kier alpha value is -4.85. The molecule has 3 rings (SSSR count). The molecule has 11 heteroatoms. The molecule has 1 aromatic heterocycles. The van der Waals surface area contributed by atoms with Gasteiger partial charge in [0.05, 0.1) is 22.9 Å². The third kappa shape index (κ3) is 6.85. The summed E-state index contributed by atoms with van der Waals surface area (Å²) in [5.74, 6) is -1.52. The Balaban J connectivity index is 1.56. The lowest BCUT2D eigenvalue weighted by atomic mass is 10.1. The first-order valence-electron chi connectivity index (χ1n) is 11.3. The number of amides is 2. The number of benzene rings is 2. The predicted octanol–water partition coefficient (Wildman–Crippen LogP) is 4.06. The second-order valence-corrected chi connectivity index (χ2v) is 7.96. The van der Waals surface area contributed by atoms with E-state index in [4.69, 9.17) is 5.26 Å². The Morgan fingerprint density at radius 1 is 1.16 bits per heavy atom. The van der Waals surface area contributed by atoms with Crippen LogP contribution in [0, 0.1) is 29.9 Å². The van der Waals surface area contributed by atoms with Crippen molar-refractivity contribution < 1.29 is 18.4 Å². The molecule has 3 N–H and O–H groups in total. The number of carbonyl (C=O) groups is 2. The summed E-state index contributed by atoms with van der Waals surface area (Å²) in [7, 11) is 1.44. The Bertz CT molecular complexity index is 1370. The van der Waals surface area contributed by atoms with Crippen LogP contribution in [-0.4, -0.2) is 41.9 Å². The van der Waals surface area contributed by atoms with Crippen LogP contribution in [0.25, 0.3) is 0 Å². The number of nitrogens with one attached hydrogen (secondary N) is 3. The average Bonchev–Trinajstić information content (AvgIpc) is 2.90. The summed E-state index contributed by atoms with van der Waals surface area (Å²) in [4.78, 5) is 33.8. The number of aromatic nitrogens is 2. The minimum absolute atomic E-state index is 0.0725. The van der Waals surface area contributed by atoms with Crippen LogP contribution < -0.4 is 20.9 Å². The van der Waals surface area contributed by atoms with E-state index >= 15 is 0 Å². The zero-order chi connectivity index (χ0) is 26.9. The van der Waals surface area contributed by atoms with Gasteiger partial charge in [0.25, 0.3) is 5.91 Å². The first kappa shape index (κ1) is 26.7. The van der Waals surface area contributed by atoms with Crippen LogP contribution in [0.4, 0.5) is 31.9 Å². The highest BCUT2D eigenvalue weighted by molar-refractivity contribution is 6.01. The van der Waals surface area contributed by atoms with Crippen LogP contribution in [0.1, 0.15) is 27.9 Å². The third-order valence-electron chi connectivity index (χ3n) is 5.31. The van der Waals surface area contributed by atoms with Crippen LogP contribution >= 0.6 is 0 Å². The minimum Gasteiger partial charge on any atom is -0.370 e. The molecule has 0 radical (unpaired) electrons. The fraction of sp³-hybridized carbons (Fsp3) is 0.192. The highest BCUT2D eigenvalue weighted by Gasteiger charge is 2.14. The van der Waals surface area contributed by atoms with Gasteiger partial charge in [-0.25, -0.2) is 13.8 Å². The molecule has 190 valence electrons. The van der Waals surface area contributed by atoms with E-state index in [2.05, 4.69) is 32.5 Å². The zero-order valence-corrected chi connectivity index (χ0v) is 20.3. The van der Waals surface area contributed by atoms with E-state index in [1.54, 1.807) is 6.20 Å². The number of halogens is 2. The largest absolute Gasteiger partial charge is 0.370 e. The topological polar surface area (TPSA) is 123 Å². The summed E-state index contributed by atoms with van der Waals surface area (Å²) in [6, 6.07) is 9.70. The summed E-state index contributed by atoms with van der Waals surface area (Å²) in [6.45, 7) is 5.99. The number of hydrogen-bond acceptors (Lipinski definition) is 7. The number of hydrogen-bond donors (Lipinski definition) is 3. The van der Waals surface area contributed by atoms with Gasteiger partial charge in [-0.1, -0.05) is 6.58 Å². The van der Waals surface area contributed by atoms with Crippen molar-refractivity contribution >= 4 is 35.0 Å². The molecule has 0 aliphatic rings. The van der Waals surface area contributed by atoms with E-state index in [0.717, 1.165) is 22.6 Å². The van der Waals surface area contributed by atoms with Crippen LogP contribution in [0.15, 0.2) is 55.3 Å². The highest BCUT2D eigenvalue weighted by Crippen LogP contribution is 2.25. The molecular formula is C26H25F2N7O2. The number of rotatable bonds is 10. The van der Waals surface area contributed by atoms with Crippen molar-refractivity contribution in [1.29, 1.82) is 5.26 Å². The van der Waals surface area contributed by atoms with Gasteiger partial charge in [-0.3, -0.25) is 9.59 Å². The average molecular weight is 506 g/mol. The van der Waals surface area contributed by atoms with Crippen molar-refractivity contribution in [2.45, 2.75) is 13.3 Å². The molecule has 0 saturated carbocycles. The summed E-state index contributed by atoms with van der Waals surface area (Å²) in [6.07, 6.45) is 3.24. The maximum Gasteiger partial charge on any atom is 0.254 e. The lowest BCUT2D eigenvalue weighted by molar-refractivity contribution is -0.113. The van der Waals surface area contributed by atoms with Crippen molar-refractivity contribution in [1.82, 2.24) is 15.3 Å². The van der Waals surface area contributed by atoms with Crippen molar-refractivity contribution in [2.24, 2.45) is 0 Å². The highest BCUT2D eigenvalue weighted by atomic mass is 19.1. The summed E-state index contributed by atoms with van der Waals surface area (Å²) < 4.78 is 28.2.